The number of amides is 2. The summed E-state index contributed by atoms with van der Waals surface area (Å²) in [7, 11) is 0. The molecule has 0 bridgehead atoms. The van der Waals surface area contributed by atoms with Crippen LogP contribution in [0.15, 0.2) is 72.8 Å². The number of nitro benzene ring substituents is 1. The summed E-state index contributed by atoms with van der Waals surface area (Å²) in [6.07, 6.45) is 2.89. The first-order valence-electron chi connectivity index (χ1n) is 10.9. The molecule has 1 heterocycles. The molecule has 0 saturated carbocycles. The van der Waals surface area contributed by atoms with Crippen LogP contribution in [0.3, 0.4) is 0 Å². The number of carbonyl (C=O) groups is 2. The number of anilines is 2. The minimum absolute atomic E-state index is 0.0186. The predicted octanol–water partition coefficient (Wildman–Crippen LogP) is 4.36. The van der Waals surface area contributed by atoms with Crippen LogP contribution in [0.25, 0.3) is 6.08 Å². The van der Waals surface area contributed by atoms with Crippen LogP contribution in [0.4, 0.5) is 17.1 Å². The number of nitrogens with zero attached hydrogens (tertiary/aromatic N) is 2. The highest BCUT2D eigenvalue weighted by atomic mass is 16.6. The fourth-order valence-corrected chi connectivity index (χ4v) is 3.48. The number of benzene rings is 3. The Morgan fingerprint density at radius 1 is 1.14 bits per heavy atom. The van der Waals surface area contributed by atoms with Crippen LogP contribution in [0, 0.1) is 17.0 Å². The summed E-state index contributed by atoms with van der Waals surface area (Å²) in [5.74, 6) is 0.667. The van der Waals surface area contributed by atoms with E-state index in [0.29, 0.717) is 35.8 Å². The molecule has 0 spiro atoms. The van der Waals surface area contributed by atoms with E-state index in [4.69, 9.17) is 9.47 Å². The largest absolute Gasteiger partial charge is 0.492 e. The molecule has 9 nitrogen and oxygen atoms in total. The van der Waals surface area contributed by atoms with Gasteiger partial charge in [0, 0.05) is 30.0 Å². The Bertz CT molecular complexity index is 1270. The van der Waals surface area contributed by atoms with Crippen molar-refractivity contribution in [2.75, 3.05) is 30.0 Å². The van der Waals surface area contributed by atoms with Crippen LogP contribution < -0.4 is 19.7 Å². The average Bonchev–Trinajstić information content (AvgIpc) is 2.85. The van der Waals surface area contributed by atoms with Crippen molar-refractivity contribution in [3.8, 4) is 11.5 Å². The second-order valence-electron chi connectivity index (χ2n) is 7.85. The number of nitro groups is 1. The molecule has 0 radical (unpaired) electrons. The van der Waals surface area contributed by atoms with E-state index in [-0.39, 0.29) is 24.1 Å². The lowest BCUT2D eigenvalue weighted by atomic mass is 10.2. The molecule has 0 aromatic heterocycles. The predicted molar refractivity (Wildman–Crippen MR) is 132 cm³/mol. The Kier molecular flexibility index (Phi) is 7.06. The lowest BCUT2D eigenvalue weighted by Crippen LogP contribution is -2.41. The molecular weight excluding hydrogens is 450 g/mol. The molecule has 0 unspecified atom stereocenters. The first-order chi connectivity index (χ1) is 16.9. The van der Waals surface area contributed by atoms with E-state index in [1.54, 1.807) is 41.3 Å². The Morgan fingerprint density at radius 2 is 1.89 bits per heavy atom. The van der Waals surface area contributed by atoms with Gasteiger partial charge in [0.1, 0.15) is 18.1 Å². The van der Waals surface area contributed by atoms with Gasteiger partial charge >= 0.3 is 0 Å². The fourth-order valence-electron chi connectivity index (χ4n) is 3.48. The van der Waals surface area contributed by atoms with Crippen molar-refractivity contribution in [3.63, 3.8) is 0 Å². The zero-order chi connectivity index (χ0) is 24.8. The number of hydrogen-bond acceptors (Lipinski definition) is 6. The van der Waals surface area contributed by atoms with Gasteiger partial charge in [-0.05, 0) is 55.0 Å². The van der Waals surface area contributed by atoms with E-state index in [1.807, 2.05) is 31.2 Å². The lowest BCUT2D eigenvalue weighted by molar-refractivity contribution is -0.384. The second kappa shape index (κ2) is 10.5. The molecule has 35 heavy (non-hydrogen) atoms. The van der Waals surface area contributed by atoms with Crippen LogP contribution in [-0.4, -0.2) is 36.5 Å². The smallest absolute Gasteiger partial charge is 0.269 e. The SMILES string of the molecule is Cc1ccc(OCCN2C(=O)COc3cc(NC(=O)/C=C/c4ccc([N+](=O)[O-])cc4)ccc32)cc1. The minimum Gasteiger partial charge on any atom is -0.492 e. The Labute approximate surface area is 201 Å². The highest BCUT2D eigenvalue weighted by Gasteiger charge is 2.25. The van der Waals surface area contributed by atoms with Gasteiger partial charge in [-0.25, -0.2) is 0 Å². The van der Waals surface area contributed by atoms with E-state index in [2.05, 4.69) is 5.32 Å². The number of ether oxygens (including phenoxy) is 2. The zero-order valence-electron chi connectivity index (χ0n) is 19.0. The first kappa shape index (κ1) is 23.5. The fraction of sp³-hybridized carbons (Fsp3) is 0.154. The highest BCUT2D eigenvalue weighted by Crippen LogP contribution is 2.34. The number of hydrogen-bond donors (Lipinski definition) is 1. The number of non-ortho nitro benzene ring substituents is 1. The maximum atomic E-state index is 12.4. The molecule has 2 amide bonds. The maximum Gasteiger partial charge on any atom is 0.269 e. The first-order valence-corrected chi connectivity index (χ1v) is 10.9. The second-order valence-corrected chi connectivity index (χ2v) is 7.85. The topological polar surface area (TPSA) is 111 Å². The number of carbonyl (C=O) groups excluding carboxylic acids is 2. The summed E-state index contributed by atoms with van der Waals surface area (Å²) in [4.78, 5) is 36.6. The number of fused-ring (bicyclic) bond motifs is 1. The number of aryl methyl sites for hydroxylation is 1. The molecule has 0 saturated heterocycles. The van der Waals surface area contributed by atoms with Crippen molar-refractivity contribution in [1.82, 2.24) is 0 Å². The van der Waals surface area contributed by atoms with Gasteiger partial charge in [-0.15, -0.1) is 0 Å². The Morgan fingerprint density at radius 3 is 2.60 bits per heavy atom. The van der Waals surface area contributed by atoms with E-state index < -0.39 is 4.92 Å². The average molecular weight is 473 g/mol. The summed E-state index contributed by atoms with van der Waals surface area (Å²) in [5, 5.41) is 13.5. The molecule has 4 rings (SSSR count). The normalized spacial score (nSPS) is 12.7. The summed E-state index contributed by atoms with van der Waals surface area (Å²) in [6.45, 7) is 2.57. The Hall–Kier alpha value is -4.66. The number of nitrogens with one attached hydrogen (secondary N) is 1. The number of rotatable bonds is 8. The third-order valence-corrected chi connectivity index (χ3v) is 5.31. The Balaban J connectivity index is 1.37. The summed E-state index contributed by atoms with van der Waals surface area (Å²) in [5.41, 5.74) is 2.89. The summed E-state index contributed by atoms with van der Waals surface area (Å²) >= 11 is 0. The molecule has 0 aliphatic carbocycles. The van der Waals surface area contributed by atoms with Gasteiger partial charge in [0.15, 0.2) is 6.61 Å². The highest BCUT2D eigenvalue weighted by molar-refractivity contribution is 6.03. The quantitative estimate of drug-likeness (QED) is 0.296. The monoisotopic (exact) mass is 473 g/mol. The maximum absolute atomic E-state index is 12.4. The summed E-state index contributed by atoms with van der Waals surface area (Å²) < 4.78 is 11.3. The van der Waals surface area contributed by atoms with Gasteiger partial charge in [-0.2, -0.15) is 0 Å². The van der Waals surface area contributed by atoms with Crippen LogP contribution in [-0.2, 0) is 9.59 Å². The van der Waals surface area contributed by atoms with E-state index in [0.717, 1.165) is 11.3 Å². The molecule has 1 aliphatic rings. The molecule has 3 aromatic carbocycles. The molecule has 178 valence electrons. The molecule has 1 aliphatic heterocycles. The molecular formula is C26H23N3O6. The van der Waals surface area contributed by atoms with Gasteiger partial charge in [0.2, 0.25) is 5.91 Å². The van der Waals surface area contributed by atoms with Crippen molar-refractivity contribution in [1.29, 1.82) is 0 Å². The van der Waals surface area contributed by atoms with Crippen molar-refractivity contribution >= 4 is 35.0 Å². The van der Waals surface area contributed by atoms with E-state index in [9.17, 15) is 19.7 Å². The van der Waals surface area contributed by atoms with Gasteiger partial charge in [-0.3, -0.25) is 19.7 Å². The minimum atomic E-state index is -0.482. The third-order valence-electron chi connectivity index (χ3n) is 5.31. The molecule has 9 heteroatoms. The van der Waals surface area contributed by atoms with Crippen LogP contribution in [0.1, 0.15) is 11.1 Å². The van der Waals surface area contributed by atoms with Crippen molar-refractivity contribution in [2.45, 2.75) is 6.92 Å². The lowest BCUT2D eigenvalue weighted by Gasteiger charge is -2.29. The van der Waals surface area contributed by atoms with Crippen LogP contribution >= 0.6 is 0 Å². The molecule has 1 N–H and O–H groups in total. The van der Waals surface area contributed by atoms with Gasteiger partial charge < -0.3 is 19.7 Å². The van der Waals surface area contributed by atoms with E-state index in [1.165, 1.54) is 18.2 Å². The van der Waals surface area contributed by atoms with Crippen LogP contribution in [0.5, 0.6) is 11.5 Å². The van der Waals surface area contributed by atoms with Crippen LogP contribution in [0.2, 0.25) is 0 Å². The third kappa shape index (κ3) is 6.02. The summed E-state index contributed by atoms with van der Waals surface area (Å²) in [6, 6.07) is 18.6. The molecule has 3 aromatic rings. The standard InChI is InChI=1S/C26H23N3O6/c1-18-2-10-22(11-3-18)34-15-14-28-23-12-7-20(16-24(23)35-17-26(28)31)27-25(30)13-6-19-4-8-21(9-5-19)29(32)33/h2-13,16H,14-15,17H2,1H3,(H,27,30)/b13-6+. The van der Waals surface area contributed by atoms with Crippen molar-refractivity contribution in [2.24, 2.45) is 0 Å². The molecule has 0 fully saturated rings. The van der Waals surface area contributed by atoms with Crippen molar-refractivity contribution < 1.29 is 24.0 Å². The van der Waals surface area contributed by atoms with E-state index >= 15 is 0 Å². The van der Waals surface area contributed by atoms with Gasteiger partial charge in [0.25, 0.3) is 11.6 Å². The van der Waals surface area contributed by atoms with Gasteiger partial charge in [-0.1, -0.05) is 17.7 Å². The van der Waals surface area contributed by atoms with Gasteiger partial charge in [0.05, 0.1) is 17.2 Å². The zero-order valence-corrected chi connectivity index (χ0v) is 19.0. The molecule has 0 atom stereocenters. The van der Waals surface area contributed by atoms with Crippen molar-refractivity contribution in [3.05, 3.63) is 94.0 Å².